The molecule has 1 N–H and O–H groups in total. The highest BCUT2D eigenvalue weighted by Gasteiger charge is 2.12. The molecule has 17 heavy (non-hydrogen) atoms. The average molecular weight is 269 g/mol. The molecule has 1 aliphatic rings. The summed E-state index contributed by atoms with van der Waals surface area (Å²) in [5.74, 6) is 0. The van der Waals surface area contributed by atoms with Crippen LogP contribution in [0, 0.1) is 0 Å². The summed E-state index contributed by atoms with van der Waals surface area (Å²) in [6.45, 7) is 2.12. The molecule has 0 aromatic heterocycles. The lowest BCUT2D eigenvalue weighted by atomic mass is 10.2. The van der Waals surface area contributed by atoms with Crippen LogP contribution in [0.1, 0.15) is 25.7 Å². The highest BCUT2D eigenvalue weighted by molar-refractivity contribution is 7.80. The van der Waals surface area contributed by atoms with Crippen LogP contribution in [0.3, 0.4) is 0 Å². The molecule has 2 nitrogen and oxygen atoms in total. The van der Waals surface area contributed by atoms with Crippen molar-refractivity contribution in [3.05, 3.63) is 29.3 Å². The van der Waals surface area contributed by atoms with Crippen LogP contribution in [-0.2, 0) is 0 Å². The Labute approximate surface area is 113 Å². The molecule has 1 aromatic rings. The minimum absolute atomic E-state index is 0.730. The van der Waals surface area contributed by atoms with Gasteiger partial charge >= 0.3 is 0 Å². The standard InChI is InChI=1S/C13H17ClN2S/c14-11-6-5-7-12(10-11)15-13(17)16-8-3-1-2-4-9-16/h5-7,10H,1-4,8-9H2,(H,15,17). The van der Waals surface area contributed by atoms with E-state index in [1.54, 1.807) is 0 Å². The number of nitrogens with one attached hydrogen (secondary N) is 1. The van der Waals surface area contributed by atoms with Gasteiger partial charge in [-0.25, -0.2) is 0 Å². The van der Waals surface area contributed by atoms with E-state index >= 15 is 0 Å². The molecular weight excluding hydrogens is 252 g/mol. The van der Waals surface area contributed by atoms with E-state index in [2.05, 4.69) is 10.2 Å². The van der Waals surface area contributed by atoms with Crippen LogP contribution in [0.15, 0.2) is 24.3 Å². The second-order valence-corrected chi connectivity index (χ2v) is 5.16. The van der Waals surface area contributed by atoms with Crippen molar-refractivity contribution in [3.8, 4) is 0 Å². The zero-order chi connectivity index (χ0) is 12.1. The Balaban J connectivity index is 1.95. The lowest BCUT2D eigenvalue weighted by Gasteiger charge is -2.23. The number of rotatable bonds is 1. The van der Waals surface area contributed by atoms with Gasteiger partial charge in [-0.05, 0) is 43.3 Å². The zero-order valence-electron chi connectivity index (χ0n) is 9.79. The van der Waals surface area contributed by atoms with E-state index in [1.165, 1.54) is 25.7 Å². The first kappa shape index (κ1) is 12.7. The zero-order valence-corrected chi connectivity index (χ0v) is 11.4. The summed E-state index contributed by atoms with van der Waals surface area (Å²) in [6.07, 6.45) is 5.10. The third-order valence-electron chi connectivity index (χ3n) is 2.97. The molecule has 0 bridgehead atoms. The predicted octanol–water partition coefficient (Wildman–Crippen LogP) is 3.91. The lowest BCUT2D eigenvalue weighted by molar-refractivity contribution is 0.441. The fraction of sp³-hybridized carbons (Fsp3) is 0.462. The Morgan fingerprint density at radius 1 is 1.18 bits per heavy atom. The van der Waals surface area contributed by atoms with Crippen molar-refractivity contribution < 1.29 is 0 Å². The smallest absolute Gasteiger partial charge is 0.173 e. The molecule has 0 atom stereocenters. The first-order valence-electron chi connectivity index (χ1n) is 6.07. The van der Waals surface area contributed by atoms with E-state index in [0.29, 0.717) is 0 Å². The molecule has 0 spiro atoms. The molecular formula is C13H17ClN2S. The van der Waals surface area contributed by atoms with Gasteiger partial charge in [-0.2, -0.15) is 0 Å². The molecule has 0 saturated carbocycles. The molecule has 4 heteroatoms. The van der Waals surface area contributed by atoms with E-state index in [-0.39, 0.29) is 0 Å². The van der Waals surface area contributed by atoms with Crippen LogP contribution >= 0.6 is 23.8 Å². The fourth-order valence-corrected chi connectivity index (χ4v) is 2.53. The summed E-state index contributed by atoms with van der Waals surface area (Å²) in [6, 6.07) is 7.67. The van der Waals surface area contributed by atoms with Crippen LogP contribution in [0.4, 0.5) is 5.69 Å². The summed E-state index contributed by atoms with van der Waals surface area (Å²) in [4.78, 5) is 2.25. The quantitative estimate of drug-likeness (QED) is 0.778. The number of likely N-dealkylation sites (tertiary alicyclic amines) is 1. The summed E-state index contributed by atoms with van der Waals surface area (Å²) < 4.78 is 0. The summed E-state index contributed by atoms with van der Waals surface area (Å²) >= 11 is 11.4. The van der Waals surface area contributed by atoms with Crippen molar-refractivity contribution in [1.29, 1.82) is 0 Å². The number of anilines is 1. The Morgan fingerprint density at radius 2 is 1.88 bits per heavy atom. The number of benzene rings is 1. The van der Waals surface area contributed by atoms with Crippen LogP contribution in [0.25, 0.3) is 0 Å². The SMILES string of the molecule is S=C(Nc1cccc(Cl)c1)N1CCCCCC1. The maximum absolute atomic E-state index is 5.94. The molecule has 1 fully saturated rings. The van der Waals surface area contributed by atoms with Crippen molar-refractivity contribution in [3.63, 3.8) is 0 Å². The van der Waals surface area contributed by atoms with Crippen LogP contribution in [0.2, 0.25) is 5.02 Å². The molecule has 0 unspecified atom stereocenters. The van der Waals surface area contributed by atoms with Gasteiger partial charge in [0.2, 0.25) is 0 Å². The van der Waals surface area contributed by atoms with Crippen LogP contribution in [-0.4, -0.2) is 23.1 Å². The molecule has 1 saturated heterocycles. The van der Waals surface area contributed by atoms with E-state index < -0.39 is 0 Å². The van der Waals surface area contributed by atoms with Gasteiger partial charge in [0.25, 0.3) is 0 Å². The molecule has 0 radical (unpaired) electrons. The Morgan fingerprint density at radius 3 is 2.53 bits per heavy atom. The third-order valence-corrected chi connectivity index (χ3v) is 3.56. The maximum Gasteiger partial charge on any atom is 0.173 e. The van der Waals surface area contributed by atoms with E-state index in [1.807, 2.05) is 24.3 Å². The molecule has 1 heterocycles. The second-order valence-electron chi connectivity index (χ2n) is 4.34. The normalized spacial score (nSPS) is 16.4. The van der Waals surface area contributed by atoms with E-state index in [0.717, 1.165) is 28.9 Å². The van der Waals surface area contributed by atoms with Crippen molar-refractivity contribution in [2.75, 3.05) is 18.4 Å². The Kier molecular flexibility index (Phi) is 4.63. The average Bonchev–Trinajstić information content (AvgIpc) is 2.57. The summed E-state index contributed by atoms with van der Waals surface area (Å²) in [5, 5.41) is 4.80. The molecule has 2 rings (SSSR count). The van der Waals surface area contributed by atoms with Gasteiger partial charge in [0.15, 0.2) is 5.11 Å². The first-order valence-corrected chi connectivity index (χ1v) is 6.86. The number of thiocarbonyl (C=S) groups is 1. The first-order chi connectivity index (χ1) is 8.25. The summed E-state index contributed by atoms with van der Waals surface area (Å²) in [7, 11) is 0. The Bertz CT molecular complexity index is 387. The second kappa shape index (κ2) is 6.22. The predicted molar refractivity (Wildman–Crippen MR) is 77.7 cm³/mol. The number of hydrogen-bond donors (Lipinski definition) is 1. The monoisotopic (exact) mass is 268 g/mol. The molecule has 1 aliphatic heterocycles. The van der Waals surface area contributed by atoms with Gasteiger partial charge < -0.3 is 10.2 Å². The maximum atomic E-state index is 5.94. The van der Waals surface area contributed by atoms with Crippen molar-refractivity contribution in [2.45, 2.75) is 25.7 Å². The van der Waals surface area contributed by atoms with Crippen molar-refractivity contribution in [2.24, 2.45) is 0 Å². The fourth-order valence-electron chi connectivity index (χ4n) is 2.04. The summed E-state index contributed by atoms with van der Waals surface area (Å²) in [5.41, 5.74) is 0.965. The highest BCUT2D eigenvalue weighted by atomic mass is 35.5. The van der Waals surface area contributed by atoms with Crippen LogP contribution in [0.5, 0.6) is 0 Å². The van der Waals surface area contributed by atoms with Gasteiger partial charge in [0.05, 0.1) is 0 Å². The number of nitrogens with zero attached hydrogens (tertiary/aromatic N) is 1. The van der Waals surface area contributed by atoms with Crippen molar-refractivity contribution in [1.82, 2.24) is 4.90 Å². The topological polar surface area (TPSA) is 15.3 Å². The Hall–Kier alpha value is -0.800. The van der Waals surface area contributed by atoms with E-state index in [4.69, 9.17) is 23.8 Å². The van der Waals surface area contributed by atoms with Gasteiger partial charge in [-0.1, -0.05) is 30.5 Å². The highest BCUT2D eigenvalue weighted by Crippen LogP contribution is 2.16. The third kappa shape index (κ3) is 3.86. The van der Waals surface area contributed by atoms with Gasteiger partial charge in [0.1, 0.15) is 0 Å². The minimum Gasteiger partial charge on any atom is -0.349 e. The molecule has 1 aromatic carbocycles. The van der Waals surface area contributed by atoms with Gasteiger partial charge in [-0.3, -0.25) is 0 Å². The van der Waals surface area contributed by atoms with E-state index in [9.17, 15) is 0 Å². The minimum atomic E-state index is 0.730. The lowest BCUT2D eigenvalue weighted by Crippen LogP contribution is -2.35. The molecule has 0 aliphatic carbocycles. The van der Waals surface area contributed by atoms with Crippen molar-refractivity contribution >= 4 is 34.6 Å². The largest absolute Gasteiger partial charge is 0.349 e. The van der Waals surface area contributed by atoms with Gasteiger partial charge in [0, 0.05) is 23.8 Å². The molecule has 0 amide bonds. The number of hydrogen-bond acceptors (Lipinski definition) is 1. The van der Waals surface area contributed by atoms with Gasteiger partial charge in [-0.15, -0.1) is 0 Å². The van der Waals surface area contributed by atoms with Crippen LogP contribution < -0.4 is 5.32 Å². The number of halogens is 1. The molecule has 92 valence electrons.